The van der Waals surface area contributed by atoms with Gasteiger partial charge in [0, 0.05) is 26.2 Å². The van der Waals surface area contributed by atoms with Gasteiger partial charge in [-0.15, -0.1) is 0 Å². The highest BCUT2D eigenvalue weighted by Crippen LogP contribution is 2.26. The molecule has 120 valence electrons. The normalized spacial score (nSPS) is 20.2. The van der Waals surface area contributed by atoms with Crippen molar-refractivity contribution in [2.24, 2.45) is 4.99 Å². The van der Waals surface area contributed by atoms with E-state index in [1.54, 1.807) is 0 Å². The summed E-state index contributed by atoms with van der Waals surface area (Å²) < 4.78 is 5.45. The van der Waals surface area contributed by atoms with Gasteiger partial charge in [0.2, 0.25) is 0 Å². The molecule has 0 bridgehead atoms. The van der Waals surface area contributed by atoms with E-state index in [1.165, 1.54) is 31.4 Å². The second-order valence-corrected chi connectivity index (χ2v) is 5.94. The molecule has 2 N–H and O–H groups in total. The monoisotopic (exact) mass is 302 g/mol. The molecule has 0 unspecified atom stereocenters. The van der Waals surface area contributed by atoms with Crippen molar-refractivity contribution >= 4 is 17.3 Å². The maximum atomic E-state index is 5.45. The maximum absolute atomic E-state index is 5.45. The molecule has 1 saturated carbocycles. The zero-order valence-electron chi connectivity index (χ0n) is 13.3. The summed E-state index contributed by atoms with van der Waals surface area (Å²) in [6.07, 6.45) is 5.12. The number of hydrogen-bond donors (Lipinski definition) is 2. The molecular formula is C17H26N4O. The fourth-order valence-corrected chi connectivity index (χ4v) is 3.21. The third-order valence-corrected chi connectivity index (χ3v) is 4.43. The first-order valence-corrected chi connectivity index (χ1v) is 8.29. The Balaban J connectivity index is 1.70. The number of nitrogens with zero attached hydrogens (tertiary/aromatic N) is 2. The van der Waals surface area contributed by atoms with Gasteiger partial charge >= 0.3 is 0 Å². The number of para-hydroxylation sites is 2. The first kappa shape index (κ1) is 15.2. The Morgan fingerprint density at radius 1 is 1.18 bits per heavy atom. The molecule has 2 aliphatic rings. The summed E-state index contributed by atoms with van der Waals surface area (Å²) in [4.78, 5) is 6.75. The Hall–Kier alpha value is -1.75. The smallest absolute Gasteiger partial charge is 0.195 e. The van der Waals surface area contributed by atoms with Gasteiger partial charge in [-0.05, 0) is 25.0 Å². The van der Waals surface area contributed by atoms with Gasteiger partial charge in [0.15, 0.2) is 5.96 Å². The summed E-state index contributed by atoms with van der Waals surface area (Å²) in [6.45, 7) is 3.47. The van der Waals surface area contributed by atoms with Gasteiger partial charge in [0.25, 0.3) is 0 Å². The first-order chi connectivity index (χ1) is 10.9. The number of ether oxygens (including phenoxy) is 1. The molecule has 1 aromatic carbocycles. The summed E-state index contributed by atoms with van der Waals surface area (Å²) in [6, 6.07) is 8.99. The topological polar surface area (TPSA) is 48.9 Å². The highest BCUT2D eigenvalue weighted by atomic mass is 16.5. The molecule has 1 heterocycles. The fourth-order valence-electron chi connectivity index (χ4n) is 3.21. The Kier molecular flexibility index (Phi) is 5.16. The van der Waals surface area contributed by atoms with Gasteiger partial charge in [-0.2, -0.15) is 0 Å². The van der Waals surface area contributed by atoms with E-state index in [2.05, 4.69) is 44.8 Å². The van der Waals surface area contributed by atoms with E-state index >= 15 is 0 Å². The average molecular weight is 302 g/mol. The van der Waals surface area contributed by atoms with Crippen molar-refractivity contribution < 1.29 is 4.74 Å². The van der Waals surface area contributed by atoms with E-state index in [0.29, 0.717) is 6.04 Å². The predicted octanol–water partition coefficient (Wildman–Crippen LogP) is 2.45. The van der Waals surface area contributed by atoms with Crippen LogP contribution in [0.3, 0.4) is 0 Å². The van der Waals surface area contributed by atoms with Crippen molar-refractivity contribution in [3.8, 4) is 0 Å². The lowest BCUT2D eigenvalue weighted by atomic mass is 10.2. The van der Waals surface area contributed by atoms with Crippen molar-refractivity contribution in [1.29, 1.82) is 0 Å². The summed E-state index contributed by atoms with van der Waals surface area (Å²) in [7, 11) is 1.83. The van der Waals surface area contributed by atoms with E-state index in [0.717, 1.165) is 38.0 Å². The molecule has 22 heavy (non-hydrogen) atoms. The van der Waals surface area contributed by atoms with Crippen molar-refractivity contribution in [2.75, 3.05) is 43.6 Å². The minimum atomic E-state index is 0.557. The maximum Gasteiger partial charge on any atom is 0.195 e. The van der Waals surface area contributed by atoms with Crippen LogP contribution in [0.2, 0.25) is 0 Å². The van der Waals surface area contributed by atoms with Crippen LogP contribution >= 0.6 is 0 Å². The molecule has 0 aromatic heterocycles. The summed E-state index contributed by atoms with van der Waals surface area (Å²) in [5.74, 6) is 0.868. The molecule has 0 amide bonds. The van der Waals surface area contributed by atoms with Crippen molar-refractivity contribution in [3.63, 3.8) is 0 Å². The largest absolute Gasteiger partial charge is 0.378 e. The molecule has 2 fully saturated rings. The Labute approximate surface area is 132 Å². The van der Waals surface area contributed by atoms with Gasteiger partial charge in [0.1, 0.15) is 0 Å². The van der Waals surface area contributed by atoms with Crippen LogP contribution in [-0.4, -0.2) is 45.4 Å². The molecule has 1 aromatic rings. The molecule has 0 atom stereocenters. The summed E-state index contributed by atoms with van der Waals surface area (Å²) in [5.41, 5.74) is 2.33. The van der Waals surface area contributed by atoms with Gasteiger partial charge < -0.3 is 20.3 Å². The molecule has 0 spiro atoms. The number of anilines is 2. The van der Waals surface area contributed by atoms with Crippen LogP contribution in [0.15, 0.2) is 29.3 Å². The van der Waals surface area contributed by atoms with Gasteiger partial charge in [-0.1, -0.05) is 25.0 Å². The molecule has 1 saturated heterocycles. The van der Waals surface area contributed by atoms with Crippen molar-refractivity contribution in [3.05, 3.63) is 24.3 Å². The Morgan fingerprint density at radius 2 is 1.91 bits per heavy atom. The quantitative estimate of drug-likeness (QED) is 0.665. The zero-order valence-corrected chi connectivity index (χ0v) is 13.3. The SMILES string of the molecule is CN=C(Nc1ccccc1N1CCOCC1)NC1CCCC1. The Bertz CT molecular complexity index is 505. The highest BCUT2D eigenvalue weighted by molar-refractivity contribution is 5.96. The van der Waals surface area contributed by atoms with Gasteiger partial charge in [-0.25, -0.2) is 0 Å². The van der Waals surface area contributed by atoms with Crippen LogP contribution in [0.5, 0.6) is 0 Å². The van der Waals surface area contributed by atoms with Crippen LogP contribution in [-0.2, 0) is 4.74 Å². The average Bonchev–Trinajstić information content (AvgIpc) is 3.08. The lowest BCUT2D eigenvalue weighted by Gasteiger charge is -2.31. The number of guanidine groups is 1. The minimum absolute atomic E-state index is 0.557. The third-order valence-electron chi connectivity index (χ3n) is 4.43. The van der Waals surface area contributed by atoms with Crippen LogP contribution in [0.1, 0.15) is 25.7 Å². The van der Waals surface area contributed by atoms with E-state index in [4.69, 9.17) is 4.74 Å². The first-order valence-electron chi connectivity index (χ1n) is 8.29. The molecule has 3 rings (SSSR count). The molecule has 1 aliphatic heterocycles. The van der Waals surface area contributed by atoms with Gasteiger partial charge in [0.05, 0.1) is 24.6 Å². The standard InChI is InChI=1S/C17H26N4O/c1-18-17(19-14-6-2-3-7-14)20-15-8-4-5-9-16(15)21-10-12-22-13-11-21/h4-5,8-9,14H,2-3,6-7,10-13H2,1H3,(H2,18,19,20). The molecular weight excluding hydrogens is 276 g/mol. The summed E-state index contributed by atoms with van der Waals surface area (Å²) in [5, 5.41) is 7.02. The minimum Gasteiger partial charge on any atom is -0.378 e. The number of aliphatic imine (C=N–C) groups is 1. The van der Waals surface area contributed by atoms with Crippen LogP contribution in [0.25, 0.3) is 0 Å². The highest BCUT2D eigenvalue weighted by Gasteiger charge is 2.18. The van der Waals surface area contributed by atoms with E-state index in [1.807, 2.05) is 7.05 Å². The van der Waals surface area contributed by atoms with E-state index in [-0.39, 0.29) is 0 Å². The van der Waals surface area contributed by atoms with Crippen LogP contribution in [0, 0.1) is 0 Å². The second kappa shape index (κ2) is 7.49. The van der Waals surface area contributed by atoms with Crippen LogP contribution < -0.4 is 15.5 Å². The lowest BCUT2D eigenvalue weighted by Crippen LogP contribution is -2.39. The number of rotatable bonds is 3. The van der Waals surface area contributed by atoms with Crippen molar-refractivity contribution in [2.45, 2.75) is 31.7 Å². The number of nitrogens with one attached hydrogen (secondary N) is 2. The van der Waals surface area contributed by atoms with Gasteiger partial charge in [-0.3, -0.25) is 4.99 Å². The molecule has 1 aliphatic carbocycles. The van der Waals surface area contributed by atoms with Crippen LogP contribution in [0.4, 0.5) is 11.4 Å². The fraction of sp³-hybridized carbons (Fsp3) is 0.588. The summed E-state index contributed by atoms with van der Waals surface area (Å²) >= 11 is 0. The number of morpholine rings is 1. The zero-order chi connectivity index (χ0) is 15.2. The van der Waals surface area contributed by atoms with Crippen molar-refractivity contribution in [1.82, 2.24) is 5.32 Å². The predicted molar refractivity (Wildman–Crippen MR) is 91.8 cm³/mol. The molecule has 5 heteroatoms. The molecule has 0 radical (unpaired) electrons. The number of benzene rings is 1. The van der Waals surface area contributed by atoms with E-state index in [9.17, 15) is 0 Å². The number of hydrogen-bond acceptors (Lipinski definition) is 3. The Morgan fingerprint density at radius 3 is 2.64 bits per heavy atom. The molecule has 5 nitrogen and oxygen atoms in total. The van der Waals surface area contributed by atoms with E-state index < -0.39 is 0 Å². The second-order valence-electron chi connectivity index (χ2n) is 5.94. The third kappa shape index (κ3) is 3.71. The lowest BCUT2D eigenvalue weighted by molar-refractivity contribution is 0.123.